The number of Topliss-reactive ketones (excluding diaryl/α,β-unsaturated/α-hetero) is 1. The van der Waals surface area contributed by atoms with Crippen molar-refractivity contribution in [2.24, 2.45) is 5.41 Å². The molecular weight excluding hydrogens is 390 g/mol. The van der Waals surface area contributed by atoms with Gasteiger partial charge in [-0.05, 0) is 59.2 Å². The Morgan fingerprint density at radius 2 is 1.78 bits per heavy atom. The maximum Gasteiger partial charge on any atom is 1.00 e. The van der Waals surface area contributed by atoms with Gasteiger partial charge in [-0.2, -0.15) is 8.42 Å². The number of carbonyl (C=O) groups excluding carboxylic acids is 1. The Balaban J connectivity index is -0.000000664. The summed E-state index contributed by atoms with van der Waals surface area (Å²) in [7, 11) is -4.67. The molecule has 6 nitrogen and oxygen atoms in total. The minimum atomic E-state index is -4.67. The molecule has 0 aliphatic heterocycles. The van der Waals surface area contributed by atoms with Gasteiger partial charge in [0, 0.05) is 11.8 Å². The summed E-state index contributed by atoms with van der Waals surface area (Å²) >= 11 is 0. The molecule has 3 N–H and O–H groups in total. The van der Waals surface area contributed by atoms with Crippen LogP contribution in [0.2, 0.25) is 0 Å². The van der Waals surface area contributed by atoms with Crippen molar-refractivity contribution in [3.05, 3.63) is 41.5 Å². The van der Waals surface area contributed by atoms with E-state index in [1.165, 1.54) is 16.5 Å². The van der Waals surface area contributed by atoms with E-state index in [1.54, 1.807) is 6.07 Å². The van der Waals surface area contributed by atoms with Crippen LogP contribution in [0.25, 0.3) is 10.8 Å². The summed E-state index contributed by atoms with van der Waals surface area (Å²) in [5, 5.41) is 11.9. The first-order valence-corrected chi connectivity index (χ1v) is 9.47. The van der Waals surface area contributed by atoms with E-state index in [4.69, 9.17) is 17.5 Å². The van der Waals surface area contributed by atoms with Crippen molar-refractivity contribution in [1.29, 1.82) is 0 Å². The summed E-state index contributed by atoms with van der Waals surface area (Å²) in [6.07, 6.45) is 3.65. The largest absolute Gasteiger partial charge is 1.00 e. The van der Waals surface area contributed by atoms with Gasteiger partial charge in [-0.25, -0.2) is 0 Å². The molecule has 9 heteroatoms. The molecule has 0 aromatic heterocycles. The van der Waals surface area contributed by atoms with E-state index in [1.807, 2.05) is 12.1 Å². The SMILES string of the molecule is C[C@]12CCc3c(ccc4cc(O)ccc34)C1CCC2=O.O=S(=O)(O)O.[H+].[H-].[H-].[Na+].[Na+]. The van der Waals surface area contributed by atoms with E-state index in [0.717, 1.165) is 31.1 Å². The maximum atomic E-state index is 12.2. The molecule has 2 aromatic carbocycles. The van der Waals surface area contributed by atoms with Crippen LogP contribution < -0.4 is 59.1 Å². The van der Waals surface area contributed by atoms with Crippen LogP contribution in [0.5, 0.6) is 5.75 Å². The Bertz CT molecular complexity index is 966. The molecule has 4 rings (SSSR count). The molecular formula is C18H23Na2O6S+. The van der Waals surface area contributed by atoms with Crippen LogP contribution in [0.1, 0.15) is 47.5 Å². The van der Waals surface area contributed by atoms with Crippen LogP contribution in [-0.4, -0.2) is 28.4 Å². The van der Waals surface area contributed by atoms with Gasteiger partial charge in [-0.15, -0.1) is 0 Å². The number of phenols is 1. The zero-order valence-corrected chi connectivity index (χ0v) is 20.6. The Kier molecular flexibility index (Phi) is 8.58. The Morgan fingerprint density at radius 3 is 2.41 bits per heavy atom. The zero-order valence-electron chi connectivity index (χ0n) is 18.8. The van der Waals surface area contributed by atoms with Crippen molar-refractivity contribution in [1.82, 2.24) is 0 Å². The molecule has 0 radical (unpaired) electrons. The smallest absolute Gasteiger partial charge is 1.00 e. The second-order valence-corrected chi connectivity index (χ2v) is 7.81. The first-order chi connectivity index (χ1) is 11.6. The molecule has 2 aliphatic rings. The van der Waals surface area contributed by atoms with Crippen molar-refractivity contribution in [2.75, 3.05) is 0 Å². The second-order valence-electron chi connectivity index (χ2n) is 6.92. The maximum absolute atomic E-state index is 12.2. The molecule has 1 saturated carbocycles. The standard InChI is InChI=1S/C18H18O2.2Na.H2O4S.2H/c1-18-9-8-14-13-5-3-12(19)10-11(13)2-4-15(14)16(18)6-7-17(18)20;;;1-5(2,3)4;;/h2-5,10,16,19H,6-9H2,1H3;;;(H2,1,2,3,4);;/q;2*+1;;2*-1/p+1/t16?,18-;;;;;/m0...../s1. The minimum Gasteiger partial charge on any atom is -1.00 e. The molecule has 27 heavy (non-hydrogen) atoms. The molecule has 138 valence electrons. The number of carbonyl (C=O) groups is 1. The topological polar surface area (TPSA) is 112 Å². The molecule has 0 spiro atoms. The fourth-order valence-electron chi connectivity index (χ4n) is 4.27. The third kappa shape index (κ3) is 5.35. The zero-order chi connectivity index (χ0) is 18.4. The van der Waals surface area contributed by atoms with E-state index in [0.29, 0.717) is 17.5 Å². The summed E-state index contributed by atoms with van der Waals surface area (Å²) in [6.45, 7) is 2.15. The number of hydrogen-bond acceptors (Lipinski definition) is 4. The third-order valence-electron chi connectivity index (χ3n) is 5.49. The summed E-state index contributed by atoms with van der Waals surface area (Å²) in [4.78, 5) is 12.2. The van der Waals surface area contributed by atoms with Gasteiger partial charge in [-0.1, -0.05) is 25.1 Å². The van der Waals surface area contributed by atoms with E-state index >= 15 is 0 Å². The number of hydrogen-bond donors (Lipinski definition) is 3. The molecule has 2 aliphatic carbocycles. The monoisotopic (exact) mass is 413 g/mol. The third-order valence-corrected chi connectivity index (χ3v) is 5.49. The Hall–Kier alpha value is 0.0400. The second kappa shape index (κ2) is 9.24. The van der Waals surface area contributed by atoms with Crippen LogP contribution in [0.4, 0.5) is 0 Å². The number of aromatic hydroxyl groups is 1. The number of ketones is 1. The number of aryl methyl sites for hydroxylation is 1. The molecule has 0 amide bonds. The van der Waals surface area contributed by atoms with Gasteiger partial charge in [0.25, 0.3) is 0 Å². The molecule has 0 bridgehead atoms. The number of fused-ring (bicyclic) bond motifs is 5. The molecule has 0 heterocycles. The normalized spacial score (nSPS) is 23.2. The van der Waals surface area contributed by atoms with E-state index in [2.05, 4.69) is 19.1 Å². The summed E-state index contributed by atoms with van der Waals surface area (Å²) in [5.74, 6) is 1.14. The fourth-order valence-corrected chi connectivity index (χ4v) is 4.27. The van der Waals surface area contributed by atoms with Crippen molar-refractivity contribution >= 4 is 27.0 Å². The average Bonchev–Trinajstić information content (AvgIpc) is 2.81. The molecule has 1 unspecified atom stereocenters. The van der Waals surface area contributed by atoms with Crippen molar-refractivity contribution in [2.45, 2.75) is 38.5 Å². The van der Waals surface area contributed by atoms with Crippen LogP contribution in [0.3, 0.4) is 0 Å². The van der Waals surface area contributed by atoms with E-state index in [9.17, 15) is 9.90 Å². The Morgan fingerprint density at radius 1 is 1.15 bits per heavy atom. The minimum absolute atomic E-state index is 0. The van der Waals surface area contributed by atoms with Crippen molar-refractivity contribution < 1.29 is 90.8 Å². The first kappa shape index (κ1) is 25.1. The van der Waals surface area contributed by atoms with Crippen molar-refractivity contribution in [3.8, 4) is 5.75 Å². The van der Waals surface area contributed by atoms with Gasteiger partial charge in [0.2, 0.25) is 0 Å². The van der Waals surface area contributed by atoms with E-state index in [-0.39, 0.29) is 68.8 Å². The van der Waals surface area contributed by atoms with Gasteiger partial charge in [-0.3, -0.25) is 13.9 Å². The molecule has 0 saturated heterocycles. The van der Waals surface area contributed by atoms with E-state index < -0.39 is 10.4 Å². The Labute approximate surface area is 207 Å². The van der Waals surface area contributed by atoms with Crippen LogP contribution in [0, 0.1) is 5.41 Å². The predicted molar refractivity (Wildman–Crippen MR) is 96.5 cm³/mol. The fraction of sp³-hybridized carbons (Fsp3) is 0.389. The van der Waals surface area contributed by atoms with Crippen LogP contribution in [0.15, 0.2) is 30.3 Å². The van der Waals surface area contributed by atoms with Crippen LogP contribution >= 0.6 is 0 Å². The van der Waals surface area contributed by atoms with Gasteiger partial charge >= 0.3 is 70.9 Å². The quantitative estimate of drug-likeness (QED) is 0.329. The number of phenolic OH excluding ortho intramolecular Hbond substituents is 1. The van der Waals surface area contributed by atoms with Gasteiger partial charge in [0.05, 0.1) is 0 Å². The number of benzene rings is 2. The average molecular weight is 413 g/mol. The number of rotatable bonds is 0. The van der Waals surface area contributed by atoms with Gasteiger partial charge in [0.1, 0.15) is 11.5 Å². The molecule has 1 fully saturated rings. The van der Waals surface area contributed by atoms with Crippen molar-refractivity contribution in [3.63, 3.8) is 0 Å². The van der Waals surface area contributed by atoms with Gasteiger partial charge in [0.15, 0.2) is 0 Å². The summed E-state index contributed by atoms with van der Waals surface area (Å²) in [6, 6.07) is 9.86. The first-order valence-electron chi connectivity index (χ1n) is 8.07. The summed E-state index contributed by atoms with van der Waals surface area (Å²) in [5.41, 5.74) is 2.61. The summed E-state index contributed by atoms with van der Waals surface area (Å²) < 4.78 is 31.6. The van der Waals surface area contributed by atoms with Crippen LogP contribution in [-0.2, 0) is 21.6 Å². The molecule has 2 aromatic rings. The molecule has 2 atom stereocenters. The van der Waals surface area contributed by atoms with Gasteiger partial charge < -0.3 is 7.96 Å². The predicted octanol–water partition coefficient (Wildman–Crippen LogP) is -2.36.